The standard InChI is InChI=1S/C13H11NO4/c15-13(14-6-9-3-4-16-7-9)10-1-2-11-12(5-10)18-8-17-11/h1-5,7H,6,8H2,(H,14,15). The van der Waals surface area contributed by atoms with E-state index in [-0.39, 0.29) is 12.7 Å². The number of fused-ring (bicyclic) bond motifs is 1. The number of furan rings is 1. The predicted molar refractivity (Wildman–Crippen MR) is 62.4 cm³/mol. The van der Waals surface area contributed by atoms with Gasteiger partial charge in [-0.2, -0.15) is 0 Å². The molecule has 2 heterocycles. The summed E-state index contributed by atoms with van der Waals surface area (Å²) in [6, 6.07) is 6.92. The van der Waals surface area contributed by atoms with Crippen molar-refractivity contribution in [1.29, 1.82) is 0 Å². The fourth-order valence-corrected chi connectivity index (χ4v) is 1.72. The molecule has 3 rings (SSSR count). The number of hydrogen-bond donors (Lipinski definition) is 1. The molecule has 0 saturated carbocycles. The Morgan fingerprint density at radius 3 is 2.94 bits per heavy atom. The van der Waals surface area contributed by atoms with Gasteiger partial charge in [0.05, 0.1) is 12.5 Å². The molecule has 1 aliphatic heterocycles. The number of amides is 1. The van der Waals surface area contributed by atoms with Gasteiger partial charge in [0.25, 0.3) is 5.91 Å². The summed E-state index contributed by atoms with van der Waals surface area (Å²) in [6.07, 6.45) is 3.17. The molecule has 5 heteroatoms. The molecule has 0 radical (unpaired) electrons. The van der Waals surface area contributed by atoms with Gasteiger partial charge in [-0.1, -0.05) is 0 Å². The molecule has 0 aliphatic carbocycles. The van der Waals surface area contributed by atoms with E-state index < -0.39 is 0 Å². The third-order valence-corrected chi connectivity index (χ3v) is 2.67. The fourth-order valence-electron chi connectivity index (χ4n) is 1.72. The Labute approximate surface area is 103 Å². The predicted octanol–water partition coefficient (Wildman–Crippen LogP) is 1.94. The molecule has 0 saturated heterocycles. The summed E-state index contributed by atoms with van der Waals surface area (Å²) in [5.74, 6) is 1.11. The summed E-state index contributed by atoms with van der Waals surface area (Å²) in [6.45, 7) is 0.638. The highest BCUT2D eigenvalue weighted by atomic mass is 16.7. The van der Waals surface area contributed by atoms with Crippen LogP contribution >= 0.6 is 0 Å². The Hall–Kier alpha value is -2.43. The lowest BCUT2D eigenvalue weighted by Gasteiger charge is -2.04. The number of ether oxygens (including phenoxy) is 2. The zero-order chi connectivity index (χ0) is 12.4. The molecule has 1 aromatic heterocycles. The summed E-state index contributed by atoms with van der Waals surface area (Å²) in [5.41, 5.74) is 1.46. The van der Waals surface area contributed by atoms with E-state index in [1.54, 1.807) is 36.8 Å². The van der Waals surface area contributed by atoms with Gasteiger partial charge in [-0.05, 0) is 24.3 Å². The number of rotatable bonds is 3. The first-order chi connectivity index (χ1) is 8.83. The highest BCUT2D eigenvalue weighted by molar-refractivity contribution is 5.94. The zero-order valence-electron chi connectivity index (χ0n) is 9.51. The molecule has 1 amide bonds. The van der Waals surface area contributed by atoms with Crippen LogP contribution in [0.25, 0.3) is 0 Å². The van der Waals surface area contributed by atoms with Crippen molar-refractivity contribution in [3.63, 3.8) is 0 Å². The van der Waals surface area contributed by atoms with Crippen LogP contribution in [0.4, 0.5) is 0 Å². The van der Waals surface area contributed by atoms with Crippen molar-refractivity contribution < 1.29 is 18.7 Å². The molecule has 0 bridgehead atoms. The number of hydrogen-bond acceptors (Lipinski definition) is 4. The number of nitrogens with one attached hydrogen (secondary N) is 1. The molecule has 0 spiro atoms. The normalized spacial score (nSPS) is 12.4. The topological polar surface area (TPSA) is 60.7 Å². The first kappa shape index (κ1) is 10.7. The third-order valence-electron chi connectivity index (χ3n) is 2.67. The first-order valence-electron chi connectivity index (χ1n) is 5.52. The highest BCUT2D eigenvalue weighted by Gasteiger charge is 2.15. The lowest BCUT2D eigenvalue weighted by molar-refractivity contribution is 0.0950. The Bertz CT molecular complexity index is 562. The van der Waals surface area contributed by atoms with Crippen LogP contribution in [0.15, 0.2) is 41.2 Å². The van der Waals surface area contributed by atoms with Crippen molar-refractivity contribution in [3.8, 4) is 11.5 Å². The van der Waals surface area contributed by atoms with Crippen LogP contribution < -0.4 is 14.8 Å². The molecular formula is C13H11NO4. The molecular weight excluding hydrogens is 234 g/mol. The van der Waals surface area contributed by atoms with E-state index in [2.05, 4.69) is 5.32 Å². The van der Waals surface area contributed by atoms with E-state index in [0.29, 0.717) is 23.6 Å². The molecule has 18 heavy (non-hydrogen) atoms. The Morgan fingerprint density at radius 1 is 1.22 bits per heavy atom. The quantitative estimate of drug-likeness (QED) is 0.897. The zero-order valence-corrected chi connectivity index (χ0v) is 9.51. The maximum absolute atomic E-state index is 11.9. The van der Waals surface area contributed by atoms with Gasteiger partial charge in [-0.15, -0.1) is 0 Å². The molecule has 2 aromatic rings. The van der Waals surface area contributed by atoms with Gasteiger partial charge in [0.15, 0.2) is 11.5 Å². The van der Waals surface area contributed by atoms with Crippen LogP contribution in [0.2, 0.25) is 0 Å². The second-order valence-corrected chi connectivity index (χ2v) is 3.88. The molecule has 1 aliphatic rings. The molecule has 5 nitrogen and oxygen atoms in total. The Balaban J connectivity index is 1.69. The lowest BCUT2D eigenvalue weighted by atomic mass is 10.2. The van der Waals surface area contributed by atoms with E-state index >= 15 is 0 Å². The Morgan fingerprint density at radius 2 is 2.11 bits per heavy atom. The van der Waals surface area contributed by atoms with Gasteiger partial charge in [0, 0.05) is 17.7 Å². The fraction of sp³-hybridized carbons (Fsp3) is 0.154. The summed E-state index contributed by atoms with van der Waals surface area (Å²) < 4.78 is 15.3. The molecule has 1 N–H and O–H groups in total. The van der Waals surface area contributed by atoms with Crippen LogP contribution in [0.1, 0.15) is 15.9 Å². The summed E-state index contributed by atoms with van der Waals surface area (Å²) in [4.78, 5) is 11.9. The van der Waals surface area contributed by atoms with E-state index in [1.807, 2.05) is 0 Å². The third kappa shape index (κ3) is 2.02. The van der Waals surface area contributed by atoms with Crippen molar-refractivity contribution in [1.82, 2.24) is 5.32 Å². The lowest BCUT2D eigenvalue weighted by Crippen LogP contribution is -2.22. The minimum absolute atomic E-state index is 0.158. The van der Waals surface area contributed by atoms with E-state index in [0.717, 1.165) is 5.56 Å². The van der Waals surface area contributed by atoms with Crippen molar-refractivity contribution in [2.75, 3.05) is 6.79 Å². The van der Waals surface area contributed by atoms with Crippen LogP contribution in [-0.2, 0) is 6.54 Å². The average Bonchev–Trinajstić information content (AvgIpc) is 3.05. The first-order valence-corrected chi connectivity index (χ1v) is 5.52. The van der Waals surface area contributed by atoms with Crippen LogP contribution in [0, 0.1) is 0 Å². The molecule has 1 aromatic carbocycles. The number of carbonyl (C=O) groups is 1. The summed E-state index contributed by atoms with van der Waals surface area (Å²) in [7, 11) is 0. The summed E-state index contributed by atoms with van der Waals surface area (Å²) in [5, 5.41) is 2.80. The minimum Gasteiger partial charge on any atom is -0.472 e. The minimum atomic E-state index is -0.158. The smallest absolute Gasteiger partial charge is 0.251 e. The van der Waals surface area contributed by atoms with Gasteiger partial charge < -0.3 is 19.2 Å². The Kier molecular flexibility index (Phi) is 2.64. The van der Waals surface area contributed by atoms with Gasteiger partial charge >= 0.3 is 0 Å². The number of carbonyl (C=O) groups excluding carboxylic acids is 1. The maximum atomic E-state index is 11.9. The second-order valence-electron chi connectivity index (χ2n) is 3.88. The van der Waals surface area contributed by atoms with Crippen molar-refractivity contribution in [2.24, 2.45) is 0 Å². The van der Waals surface area contributed by atoms with Crippen LogP contribution in [0.5, 0.6) is 11.5 Å². The molecule has 92 valence electrons. The molecule has 0 atom stereocenters. The second kappa shape index (κ2) is 4.44. The van der Waals surface area contributed by atoms with Gasteiger partial charge in [-0.3, -0.25) is 4.79 Å². The van der Waals surface area contributed by atoms with Crippen molar-refractivity contribution in [2.45, 2.75) is 6.54 Å². The van der Waals surface area contributed by atoms with Crippen molar-refractivity contribution >= 4 is 5.91 Å². The highest BCUT2D eigenvalue weighted by Crippen LogP contribution is 2.32. The van der Waals surface area contributed by atoms with Gasteiger partial charge in [0.1, 0.15) is 0 Å². The van der Waals surface area contributed by atoms with Crippen LogP contribution in [0.3, 0.4) is 0 Å². The van der Waals surface area contributed by atoms with E-state index in [1.165, 1.54) is 0 Å². The van der Waals surface area contributed by atoms with Gasteiger partial charge in [0.2, 0.25) is 6.79 Å². The number of benzene rings is 1. The maximum Gasteiger partial charge on any atom is 0.251 e. The summed E-state index contributed by atoms with van der Waals surface area (Å²) >= 11 is 0. The largest absolute Gasteiger partial charge is 0.472 e. The SMILES string of the molecule is O=C(NCc1ccoc1)c1ccc2c(c1)OCO2. The van der Waals surface area contributed by atoms with E-state index in [9.17, 15) is 4.79 Å². The van der Waals surface area contributed by atoms with Crippen LogP contribution in [-0.4, -0.2) is 12.7 Å². The molecule has 0 unspecified atom stereocenters. The monoisotopic (exact) mass is 245 g/mol. The van der Waals surface area contributed by atoms with Crippen molar-refractivity contribution in [3.05, 3.63) is 47.9 Å². The average molecular weight is 245 g/mol. The van der Waals surface area contributed by atoms with E-state index in [4.69, 9.17) is 13.9 Å². The van der Waals surface area contributed by atoms with Gasteiger partial charge in [-0.25, -0.2) is 0 Å². The molecule has 0 fully saturated rings.